The zero-order chi connectivity index (χ0) is 11.7. The summed E-state index contributed by atoms with van der Waals surface area (Å²) in [6.07, 6.45) is 1.49. The van der Waals surface area contributed by atoms with Gasteiger partial charge in [-0.3, -0.25) is 4.98 Å². The average Bonchev–Trinajstić information content (AvgIpc) is 2.20. The lowest BCUT2D eigenvalue weighted by Crippen LogP contribution is -1.95. The van der Waals surface area contributed by atoms with Crippen molar-refractivity contribution in [3.63, 3.8) is 0 Å². The molecule has 2 heterocycles. The van der Waals surface area contributed by atoms with Crippen molar-refractivity contribution in [3.8, 4) is 11.1 Å². The van der Waals surface area contributed by atoms with Gasteiger partial charge in [0.25, 0.3) is 0 Å². The normalized spacial score (nSPS) is 10.4. The van der Waals surface area contributed by atoms with E-state index in [4.69, 9.17) is 5.73 Å². The molecule has 0 aliphatic heterocycles. The van der Waals surface area contributed by atoms with Crippen LogP contribution in [0.5, 0.6) is 0 Å². The van der Waals surface area contributed by atoms with E-state index < -0.39 is 11.9 Å². The van der Waals surface area contributed by atoms with Gasteiger partial charge in [-0.15, -0.1) is 0 Å². The highest BCUT2D eigenvalue weighted by Gasteiger charge is 2.08. The zero-order valence-electron chi connectivity index (χ0n) is 8.54. The molecule has 0 unspecified atom stereocenters. The highest BCUT2D eigenvalue weighted by atomic mass is 19.1. The lowest BCUT2D eigenvalue weighted by atomic mass is 10.1. The van der Waals surface area contributed by atoms with E-state index in [2.05, 4.69) is 9.97 Å². The molecule has 3 nitrogen and oxygen atoms in total. The predicted octanol–water partition coefficient (Wildman–Crippen LogP) is 2.31. The maximum Gasteiger partial charge on any atom is 0.216 e. The number of anilines is 1. The van der Waals surface area contributed by atoms with Crippen molar-refractivity contribution in [3.05, 3.63) is 42.0 Å². The Morgan fingerprint density at radius 2 is 1.75 bits per heavy atom. The third-order valence-corrected chi connectivity index (χ3v) is 2.18. The molecule has 0 fully saturated rings. The molecule has 2 N–H and O–H groups in total. The molecule has 0 saturated heterocycles. The number of hydrogen-bond donors (Lipinski definition) is 1. The fourth-order valence-corrected chi connectivity index (χ4v) is 1.46. The van der Waals surface area contributed by atoms with Crippen LogP contribution in [0.25, 0.3) is 11.1 Å². The number of nitrogen functional groups attached to an aromatic ring is 1. The van der Waals surface area contributed by atoms with E-state index >= 15 is 0 Å². The van der Waals surface area contributed by atoms with E-state index in [-0.39, 0.29) is 0 Å². The minimum atomic E-state index is -0.864. The molecule has 0 spiro atoms. The Kier molecular flexibility index (Phi) is 2.52. The van der Waals surface area contributed by atoms with Gasteiger partial charge in [0.2, 0.25) is 11.9 Å². The molecule has 0 amide bonds. The van der Waals surface area contributed by atoms with Gasteiger partial charge in [-0.1, -0.05) is 0 Å². The Hall–Kier alpha value is -2.04. The molecule has 2 rings (SSSR count). The molecule has 5 heteroatoms. The lowest BCUT2D eigenvalue weighted by Gasteiger charge is -2.06. The molecule has 16 heavy (non-hydrogen) atoms. The maximum atomic E-state index is 12.9. The van der Waals surface area contributed by atoms with Crippen molar-refractivity contribution in [1.82, 2.24) is 9.97 Å². The second-order valence-electron chi connectivity index (χ2n) is 3.40. The van der Waals surface area contributed by atoms with Gasteiger partial charge in [0.05, 0.1) is 11.9 Å². The summed E-state index contributed by atoms with van der Waals surface area (Å²) in [4.78, 5) is 7.05. The second kappa shape index (κ2) is 3.84. The number of pyridine rings is 2. The van der Waals surface area contributed by atoms with Crippen molar-refractivity contribution in [2.24, 2.45) is 0 Å². The van der Waals surface area contributed by atoms with Crippen LogP contribution in [0.2, 0.25) is 0 Å². The zero-order valence-corrected chi connectivity index (χ0v) is 8.54. The molecule has 0 saturated carbocycles. The van der Waals surface area contributed by atoms with Crippen LogP contribution in [0.3, 0.4) is 0 Å². The first-order valence-electron chi connectivity index (χ1n) is 4.62. The number of hydrogen-bond acceptors (Lipinski definition) is 3. The lowest BCUT2D eigenvalue weighted by molar-refractivity contribution is 0.513. The van der Waals surface area contributed by atoms with E-state index in [1.807, 2.05) is 0 Å². The first-order valence-corrected chi connectivity index (χ1v) is 4.62. The number of nitrogens with two attached hydrogens (primary N) is 1. The van der Waals surface area contributed by atoms with Crippen LogP contribution in [0, 0.1) is 18.8 Å². The summed E-state index contributed by atoms with van der Waals surface area (Å²) in [7, 11) is 0. The molecule has 2 aromatic heterocycles. The number of nitrogens with zero attached hydrogens (tertiary/aromatic N) is 2. The van der Waals surface area contributed by atoms with Gasteiger partial charge < -0.3 is 5.73 Å². The molecule has 0 atom stereocenters. The Balaban J connectivity index is 2.62. The van der Waals surface area contributed by atoms with Crippen LogP contribution in [-0.2, 0) is 0 Å². The quantitative estimate of drug-likeness (QED) is 0.752. The SMILES string of the molecule is Cc1ncc(N)cc1-c1cc(F)nc(F)c1. The first-order chi connectivity index (χ1) is 7.56. The topological polar surface area (TPSA) is 51.8 Å². The van der Waals surface area contributed by atoms with Gasteiger partial charge in [0, 0.05) is 23.4 Å². The number of aryl methyl sites for hydroxylation is 1. The largest absolute Gasteiger partial charge is 0.397 e. The van der Waals surface area contributed by atoms with Crippen molar-refractivity contribution in [2.75, 3.05) is 5.73 Å². The highest BCUT2D eigenvalue weighted by molar-refractivity contribution is 5.68. The summed E-state index contributed by atoms with van der Waals surface area (Å²) in [5.74, 6) is -1.73. The average molecular weight is 221 g/mol. The Morgan fingerprint density at radius 3 is 2.38 bits per heavy atom. The fraction of sp³-hybridized carbons (Fsp3) is 0.0909. The third kappa shape index (κ3) is 1.98. The smallest absolute Gasteiger partial charge is 0.216 e. The van der Waals surface area contributed by atoms with Gasteiger partial charge in [-0.05, 0) is 18.6 Å². The van der Waals surface area contributed by atoms with E-state index in [1.54, 1.807) is 13.0 Å². The summed E-state index contributed by atoms with van der Waals surface area (Å²) in [5.41, 5.74) is 7.64. The monoisotopic (exact) mass is 221 g/mol. The number of rotatable bonds is 1. The molecule has 0 bridgehead atoms. The molecule has 0 aromatic carbocycles. The molecule has 2 aromatic rings. The fourth-order valence-electron chi connectivity index (χ4n) is 1.46. The van der Waals surface area contributed by atoms with Crippen LogP contribution in [0.1, 0.15) is 5.69 Å². The van der Waals surface area contributed by atoms with Crippen LogP contribution in [0.4, 0.5) is 14.5 Å². The predicted molar refractivity (Wildman–Crippen MR) is 56.5 cm³/mol. The molecule has 0 radical (unpaired) electrons. The number of aromatic nitrogens is 2. The number of halogens is 2. The summed E-state index contributed by atoms with van der Waals surface area (Å²) in [6, 6.07) is 3.91. The van der Waals surface area contributed by atoms with Crippen molar-refractivity contribution in [1.29, 1.82) is 0 Å². The van der Waals surface area contributed by atoms with E-state index in [0.717, 1.165) is 12.1 Å². The Morgan fingerprint density at radius 1 is 1.12 bits per heavy atom. The van der Waals surface area contributed by atoms with Crippen molar-refractivity contribution in [2.45, 2.75) is 6.92 Å². The van der Waals surface area contributed by atoms with Gasteiger partial charge in [-0.25, -0.2) is 0 Å². The van der Waals surface area contributed by atoms with Crippen molar-refractivity contribution < 1.29 is 8.78 Å². The van der Waals surface area contributed by atoms with Gasteiger partial charge in [-0.2, -0.15) is 13.8 Å². The highest BCUT2D eigenvalue weighted by Crippen LogP contribution is 2.24. The third-order valence-electron chi connectivity index (χ3n) is 2.18. The van der Waals surface area contributed by atoms with E-state index in [1.165, 1.54) is 6.20 Å². The summed E-state index contributed by atoms with van der Waals surface area (Å²) in [5, 5.41) is 0. The summed E-state index contributed by atoms with van der Waals surface area (Å²) < 4.78 is 25.9. The standard InChI is InChI=1S/C11H9F2N3/c1-6-9(4-8(14)5-15-6)7-2-10(12)16-11(13)3-7/h2-5H,14H2,1H3. The van der Waals surface area contributed by atoms with Gasteiger partial charge in [0.1, 0.15) is 0 Å². The van der Waals surface area contributed by atoms with Gasteiger partial charge >= 0.3 is 0 Å². The molecular weight excluding hydrogens is 212 g/mol. The van der Waals surface area contributed by atoms with E-state index in [9.17, 15) is 8.78 Å². The minimum Gasteiger partial charge on any atom is -0.397 e. The van der Waals surface area contributed by atoms with Crippen LogP contribution in [0.15, 0.2) is 24.4 Å². The van der Waals surface area contributed by atoms with Gasteiger partial charge in [0.15, 0.2) is 0 Å². The molecule has 0 aliphatic carbocycles. The molecular formula is C11H9F2N3. The van der Waals surface area contributed by atoms with Crippen LogP contribution < -0.4 is 5.73 Å². The van der Waals surface area contributed by atoms with E-state index in [0.29, 0.717) is 22.5 Å². The summed E-state index contributed by atoms with van der Waals surface area (Å²) >= 11 is 0. The molecule has 0 aliphatic rings. The minimum absolute atomic E-state index is 0.377. The first kappa shape index (κ1) is 10.5. The Bertz CT molecular complexity index is 520. The van der Waals surface area contributed by atoms with Crippen LogP contribution >= 0.6 is 0 Å². The molecule has 82 valence electrons. The second-order valence-corrected chi connectivity index (χ2v) is 3.40. The Labute approximate surface area is 91.0 Å². The summed E-state index contributed by atoms with van der Waals surface area (Å²) in [6.45, 7) is 1.74. The van der Waals surface area contributed by atoms with Crippen molar-refractivity contribution >= 4 is 5.69 Å². The maximum absolute atomic E-state index is 12.9. The van der Waals surface area contributed by atoms with Crippen LogP contribution in [-0.4, -0.2) is 9.97 Å².